The van der Waals surface area contributed by atoms with Crippen molar-refractivity contribution in [3.8, 4) is 16.9 Å². The van der Waals surface area contributed by atoms with Crippen molar-refractivity contribution in [3.63, 3.8) is 0 Å². The fourth-order valence-electron chi connectivity index (χ4n) is 3.69. The van der Waals surface area contributed by atoms with E-state index in [1.54, 1.807) is 14.0 Å². The highest BCUT2D eigenvalue weighted by molar-refractivity contribution is 5.89. The largest absolute Gasteiger partial charge is 0.496 e. The van der Waals surface area contributed by atoms with Crippen LogP contribution in [0.15, 0.2) is 42.5 Å². The van der Waals surface area contributed by atoms with Gasteiger partial charge in [0.25, 0.3) is 0 Å². The molecule has 2 aromatic rings. The Morgan fingerprint density at radius 1 is 1.14 bits per heavy atom. The highest BCUT2D eigenvalue weighted by atomic mass is 16.5. The number of likely N-dealkylation sites (tertiary alicyclic amines) is 1. The first kappa shape index (κ1) is 19.9. The van der Waals surface area contributed by atoms with Gasteiger partial charge in [0.2, 0.25) is 11.8 Å². The number of amides is 2. The summed E-state index contributed by atoms with van der Waals surface area (Å²) in [5.41, 5.74) is 3.92. The van der Waals surface area contributed by atoms with Crippen molar-refractivity contribution >= 4 is 17.5 Å². The van der Waals surface area contributed by atoms with Gasteiger partial charge in [0.15, 0.2) is 0 Å². The fourth-order valence-corrected chi connectivity index (χ4v) is 3.69. The third-order valence-electron chi connectivity index (χ3n) is 4.84. The zero-order valence-corrected chi connectivity index (χ0v) is 16.6. The van der Waals surface area contributed by atoms with Gasteiger partial charge in [-0.05, 0) is 41.8 Å². The molecule has 0 radical (unpaired) electrons. The summed E-state index contributed by atoms with van der Waals surface area (Å²) in [5.74, 6) is 0.722. The predicted octanol–water partition coefficient (Wildman–Crippen LogP) is 3.03. The standard InChI is InChI=1S/C22H27N3O3/c1-15(26)23-19-6-4-5-18(12-19)21-11-17(7-8-22(21)28-3)13-25-10-9-20(14-25)24-16(2)27/h4-8,11-12,20H,9-10,13-14H2,1-3H3,(H,23,26)(H,24,27). The van der Waals surface area contributed by atoms with Crippen molar-refractivity contribution in [3.05, 3.63) is 48.0 Å². The summed E-state index contributed by atoms with van der Waals surface area (Å²) >= 11 is 0. The lowest BCUT2D eigenvalue weighted by Crippen LogP contribution is -2.35. The van der Waals surface area contributed by atoms with Crippen LogP contribution >= 0.6 is 0 Å². The lowest BCUT2D eigenvalue weighted by atomic mass is 10.0. The van der Waals surface area contributed by atoms with E-state index in [4.69, 9.17) is 4.74 Å². The second kappa shape index (κ2) is 8.89. The predicted molar refractivity (Wildman–Crippen MR) is 110 cm³/mol. The molecule has 1 unspecified atom stereocenters. The van der Waals surface area contributed by atoms with Gasteiger partial charge in [0, 0.05) is 50.8 Å². The molecule has 0 aromatic heterocycles. The molecule has 2 amide bonds. The summed E-state index contributed by atoms with van der Waals surface area (Å²) < 4.78 is 5.56. The van der Waals surface area contributed by atoms with Crippen LogP contribution in [0, 0.1) is 0 Å². The zero-order chi connectivity index (χ0) is 20.1. The van der Waals surface area contributed by atoms with Crippen molar-refractivity contribution < 1.29 is 14.3 Å². The normalized spacial score (nSPS) is 16.6. The highest BCUT2D eigenvalue weighted by Gasteiger charge is 2.23. The van der Waals surface area contributed by atoms with E-state index in [0.29, 0.717) is 0 Å². The van der Waals surface area contributed by atoms with Gasteiger partial charge in [0.1, 0.15) is 5.75 Å². The lowest BCUT2D eigenvalue weighted by Gasteiger charge is -2.18. The molecule has 1 aliphatic rings. The Morgan fingerprint density at radius 3 is 2.68 bits per heavy atom. The molecular weight excluding hydrogens is 354 g/mol. The lowest BCUT2D eigenvalue weighted by molar-refractivity contribution is -0.119. The summed E-state index contributed by atoms with van der Waals surface area (Å²) in [5, 5.41) is 5.82. The van der Waals surface area contributed by atoms with Crippen LogP contribution in [0.1, 0.15) is 25.8 Å². The molecule has 28 heavy (non-hydrogen) atoms. The maximum Gasteiger partial charge on any atom is 0.221 e. The Kier molecular flexibility index (Phi) is 6.31. The van der Waals surface area contributed by atoms with Crippen molar-refractivity contribution in [2.24, 2.45) is 0 Å². The number of rotatable bonds is 6. The molecule has 2 N–H and O–H groups in total. The topological polar surface area (TPSA) is 70.7 Å². The number of nitrogens with one attached hydrogen (secondary N) is 2. The van der Waals surface area contributed by atoms with Crippen LogP contribution in [0.5, 0.6) is 5.75 Å². The smallest absolute Gasteiger partial charge is 0.221 e. The molecule has 0 aliphatic carbocycles. The zero-order valence-electron chi connectivity index (χ0n) is 16.6. The number of ether oxygens (including phenoxy) is 1. The van der Waals surface area contributed by atoms with Gasteiger partial charge >= 0.3 is 0 Å². The number of benzene rings is 2. The summed E-state index contributed by atoms with van der Waals surface area (Å²) in [6.45, 7) is 5.70. The third-order valence-corrected chi connectivity index (χ3v) is 4.84. The van der Waals surface area contributed by atoms with Crippen LogP contribution in [0.3, 0.4) is 0 Å². The Labute approximate surface area is 165 Å². The molecule has 1 heterocycles. The number of carbonyl (C=O) groups is 2. The average Bonchev–Trinajstić information content (AvgIpc) is 3.07. The van der Waals surface area contributed by atoms with Gasteiger partial charge in [-0.1, -0.05) is 18.2 Å². The van der Waals surface area contributed by atoms with E-state index in [2.05, 4.69) is 27.7 Å². The summed E-state index contributed by atoms with van der Waals surface area (Å²) in [4.78, 5) is 25.0. The Morgan fingerprint density at radius 2 is 1.96 bits per heavy atom. The molecule has 148 valence electrons. The summed E-state index contributed by atoms with van der Waals surface area (Å²) in [6, 6.07) is 14.2. The monoisotopic (exact) mass is 381 g/mol. The Hall–Kier alpha value is -2.86. The number of methoxy groups -OCH3 is 1. The summed E-state index contributed by atoms with van der Waals surface area (Å²) in [6.07, 6.45) is 0.974. The van der Waals surface area contributed by atoms with Gasteiger partial charge in [0.05, 0.1) is 7.11 Å². The summed E-state index contributed by atoms with van der Waals surface area (Å²) in [7, 11) is 1.66. The number of hydrogen-bond donors (Lipinski definition) is 2. The van der Waals surface area contributed by atoms with E-state index in [-0.39, 0.29) is 17.9 Å². The van der Waals surface area contributed by atoms with Crippen LogP contribution in [-0.2, 0) is 16.1 Å². The van der Waals surface area contributed by atoms with Crippen LogP contribution in [-0.4, -0.2) is 43.0 Å². The average molecular weight is 381 g/mol. The first-order valence-corrected chi connectivity index (χ1v) is 9.49. The van der Waals surface area contributed by atoms with Gasteiger partial charge in [-0.2, -0.15) is 0 Å². The van der Waals surface area contributed by atoms with E-state index in [1.165, 1.54) is 12.5 Å². The van der Waals surface area contributed by atoms with Crippen LogP contribution < -0.4 is 15.4 Å². The Bertz CT molecular complexity index is 866. The van der Waals surface area contributed by atoms with Gasteiger partial charge in [-0.25, -0.2) is 0 Å². The van der Waals surface area contributed by atoms with E-state index in [0.717, 1.165) is 48.6 Å². The number of anilines is 1. The van der Waals surface area contributed by atoms with E-state index in [1.807, 2.05) is 30.3 Å². The molecule has 1 saturated heterocycles. The minimum absolute atomic E-state index is 0.0256. The molecular formula is C22H27N3O3. The van der Waals surface area contributed by atoms with E-state index in [9.17, 15) is 9.59 Å². The minimum Gasteiger partial charge on any atom is -0.496 e. The first-order valence-electron chi connectivity index (χ1n) is 9.49. The minimum atomic E-state index is -0.0966. The Balaban J connectivity index is 1.79. The van der Waals surface area contributed by atoms with Gasteiger partial charge in [-0.3, -0.25) is 14.5 Å². The SMILES string of the molecule is COc1ccc(CN2CCC(NC(C)=O)C2)cc1-c1cccc(NC(C)=O)c1. The number of nitrogens with zero attached hydrogens (tertiary/aromatic N) is 1. The molecule has 1 atom stereocenters. The quantitative estimate of drug-likeness (QED) is 0.807. The van der Waals surface area contributed by atoms with Crippen LogP contribution in [0.2, 0.25) is 0 Å². The fraction of sp³-hybridized carbons (Fsp3) is 0.364. The third kappa shape index (κ3) is 5.10. The van der Waals surface area contributed by atoms with Crippen molar-refractivity contribution in [1.82, 2.24) is 10.2 Å². The van der Waals surface area contributed by atoms with E-state index < -0.39 is 0 Å². The molecule has 2 aromatic carbocycles. The van der Waals surface area contributed by atoms with Gasteiger partial charge < -0.3 is 15.4 Å². The molecule has 1 fully saturated rings. The molecule has 6 heteroatoms. The van der Waals surface area contributed by atoms with Crippen LogP contribution in [0.25, 0.3) is 11.1 Å². The van der Waals surface area contributed by atoms with E-state index >= 15 is 0 Å². The second-order valence-corrected chi connectivity index (χ2v) is 7.22. The molecule has 0 saturated carbocycles. The number of carbonyl (C=O) groups excluding carboxylic acids is 2. The molecule has 0 bridgehead atoms. The van der Waals surface area contributed by atoms with Crippen molar-refractivity contribution in [2.75, 3.05) is 25.5 Å². The maximum absolute atomic E-state index is 11.4. The first-order chi connectivity index (χ1) is 13.4. The second-order valence-electron chi connectivity index (χ2n) is 7.22. The number of hydrogen-bond acceptors (Lipinski definition) is 4. The maximum atomic E-state index is 11.4. The molecule has 1 aliphatic heterocycles. The van der Waals surface area contributed by atoms with Gasteiger partial charge in [-0.15, -0.1) is 0 Å². The van der Waals surface area contributed by atoms with Crippen molar-refractivity contribution in [2.45, 2.75) is 32.9 Å². The highest BCUT2D eigenvalue weighted by Crippen LogP contribution is 2.33. The molecule has 0 spiro atoms. The molecule has 6 nitrogen and oxygen atoms in total. The molecule has 3 rings (SSSR count). The van der Waals surface area contributed by atoms with Crippen molar-refractivity contribution in [1.29, 1.82) is 0 Å². The van der Waals surface area contributed by atoms with Crippen LogP contribution in [0.4, 0.5) is 5.69 Å².